The third-order valence-corrected chi connectivity index (χ3v) is 7.58. The Balaban J connectivity index is 1.92. The van der Waals surface area contributed by atoms with Gasteiger partial charge < -0.3 is 15.3 Å². The molecule has 1 heterocycles. The first-order valence-electron chi connectivity index (χ1n) is 10.3. The zero-order valence-electron chi connectivity index (χ0n) is 18.7. The Morgan fingerprint density at radius 2 is 1.58 bits per heavy atom. The molecular weight excluding hydrogens is 518 g/mol. The fourth-order valence-electron chi connectivity index (χ4n) is 3.86. The lowest BCUT2D eigenvalue weighted by molar-refractivity contribution is -0.376. The number of fused-ring (bicyclic) bond motifs is 1. The molecule has 0 aromatic heterocycles. The number of anilines is 1. The number of benzene rings is 2. The predicted octanol–water partition coefficient (Wildman–Crippen LogP) is 3.83. The Morgan fingerprint density at radius 3 is 2.06 bits per heavy atom. The lowest BCUT2D eigenvalue weighted by Crippen LogP contribution is -2.53. The Morgan fingerprint density at radius 1 is 1.03 bits per heavy atom. The average molecular weight is 538 g/mol. The lowest BCUT2D eigenvalue weighted by Gasteiger charge is -2.32. The number of nitrogens with one attached hydrogen (secondary N) is 1. The summed E-state index contributed by atoms with van der Waals surface area (Å²) in [6.45, 7) is 2.55. The van der Waals surface area contributed by atoms with Gasteiger partial charge in [-0.2, -0.15) is 26.3 Å². The van der Waals surface area contributed by atoms with Gasteiger partial charge in [-0.25, -0.2) is 8.42 Å². The number of hydrogen-bond acceptors (Lipinski definition) is 5. The SMILES string of the molecule is CCS(=O)(=O)c1ccc2c(c1)CN(C(C)=O)C2C(=O)Nc1ccc(C(O)(C(F)(F)F)C(F)(F)F)cc1. The molecule has 0 radical (unpaired) electrons. The van der Waals surface area contributed by atoms with Crippen molar-refractivity contribution in [2.24, 2.45) is 0 Å². The van der Waals surface area contributed by atoms with E-state index in [1.165, 1.54) is 32.0 Å². The zero-order chi connectivity index (χ0) is 27.3. The summed E-state index contributed by atoms with van der Waals surface area (Å²) in [5.41, 5.74) is -6.10. The van der Waals surface area contributed by atoms with Crippen LogP contribution < -0.4 is 5.32 Å². The molecule has 0 fully saturated rings. The maximum atomic E-state index is 13.1. The minimum Gasteiger partial charge on any atom is -0.369 e. The van der Waals surface area contributed by atoms with Crippen molar-refractivity contribution in [3.05, 3.63) is 59.2 Å². The predicted molar refractivity (Wildman–Crippen MR) is 114 cm³/mol. The molecule has 1 atom stereocenters. The van der Waals surface area contributed by atoms with Gasteiger partial charge in [-0.3, -0.25) is 9.59 Å². The smallest absolute Gasteiger partial charge is 0.369 e. The quantitative estimate of drug-likeness (QED) is 0.564. The number of amides is 2. The fraction of sp³-hybridized carbons (Fsp3) is 0.364. The van der Waals surface area contributed by atoms with Crippen molar-refractivity contribution >= 4 is 27.3 Å². The van der Waals surface area contributed by atoms with Crippen LogP contribution in [0, 0.1) is 0 Å². The first kappa shape index (κ1) is 27.5. The van der Waals surface area contributed by atoms with E-state index in [4.69, 9.17) is 0 Å². The van der Waals surface area contributed by atoms with Crippen molar-refractivity contribution in [1.82, 2.24) is 4.90 Å². The van der Waals surface area contributed by atoms with E-state index in [0.717, 1.165) is 17.0 Å². The lowest BCUT2D eigenvalue weighted by atomic mass is 9.92. The van der Waals surface area contributed by atoms with Gasteiger partial charge in [0.1, 0.15) is 6.04 Å². The molecule has 2 aromatic carbocycles. The van der Waals surface area contributed by atoms with E-state index < -0.39 is 51.2 Å². The number of nitrogens with zero attached hydrogens (tertiary/aromatic N) is 1. The van der Waals surface area contributed by atoms with Gasteiger partial charge in [-0.05, 0) is 35.4 Å². The van der Waals surface area contributed by atoms with Crippen LogP contribution in [-0.4, -0.2) is 48.3 Å². The Labute approximate surface area is 201 Å². The highest BCUT2D eigenvalue weighted by atomic mass is 32.2. The zero-order valence-corrected chi connectivity index (χ0v) is 19.6. The summed E-state index contributed by atoms with van der Waals surface area (Å²) < 4.78 is 103. The molecule has 2 amide bonds. The summed E-state index contributed by atoms with van der Waals surface area (Å²) in [5, 5.41) is 11.8. The van der Waals surface area contributed by atoms with Crippen LogP contribution in [0.2, 0.25) is 0 Å². The topological polar surface area (TPSA) is 104 Å². The molecule has 2 N–H and O–H groups in total. The van der Waals surface area contributed by atoms with Gasteiger partial charge in [0.05, 0.1) is 10.6 Å². The summed E-state index contributed by atoms with van der Waals surface area (Å²) in [5.74, 6) is -1.52. The van der Waals surface area contributed by atoms with Crippen molar-refractivity contribution in [1.29, 1.82) is 0 Å². The molecule has 7 nitrogen and oxygen atoms in total. The van der Waals surface area contributed by atoms with E-state index in [9.17, 15) is 49.5 Å². The molecule has 3 rings (SSSR count). The van der Waals surface area contributed by atoms with Crippen LogP contribution in [0.15, 0.2) is 47.4 Å². The van der Waals surface area contributed by atoms with Crippen LogP contribution in [-0.2, 0) is 31.6 Å². The second kappa shape index (κ2) is 9.07. The Kier molecular flexibility index (Phi) is 6.92. The molecule has 1 unspecified atom stereocenters. The number of carbonyl (C=O) groups excluding carboxylic acids is 2. The first-order valence-corrected chi connectivity index (χ1v) is 12.0. The number of carbonyl (C=O) groups is 2. The Hall–Kier alpha value is -3.13. The molecular formula is C22H20F6N2O5S. The molecule has 0 saturated carbocycles. The standard InChI is InChI=1S/C22H20F6N2O5S/c1-3-36(34,35)16-8-9-17-13(10-16)11-30(12(2)31)18(17)19(32)29-15-6-4-14(5-7-15)20(33,21(23,24)25)22(26,27)28/h4-10,18,33H,3,11H2,1-2H3,(H,29,32). The minimum atomic E-state index is -6.06. The first-order chi connectivity index (χ1) is 16.4. The van der Waals surface area contributed by atoms with Crippen molar-refractivity contribution in [3.8, 4) is 0 Å². The van der Waals surface area contributed by atoms with E-state index >= 15 is 0 Å². The molecule has 0 aliphatic carbocycles. The molecule has 14 heteroatoms. The van der Waals surface area contributed by atoms with Crippen LogP contribution in [0.25, 0.3) is 0 Å². The van der Waals surface area contributed by atoms with Crippen LogP contribution in [0.4, 0.5) is 32.0 Å². The van der Waals surface area contributed by atoms with E-state index in [-0.39, 0.29) is 22.9 Å². The van der Waals surface area contributed by atoms with Gasteiger partial charge in [0.25, 0.3) is 11.5 Å². The second-order valence-corrected chi connectivity index (χ2v) is 10.4. The molecule has 2 aromatic rings. The monoisotopic (exact) mass is 538 g/mol. The number of alkyl halides is 6. The van der Waals surface area contributed by atoms with E-state index in [1.54, 1.807) is 0 Å². The van der Waals surface area contributed by atoms with Crippen LogP contribution >= 0.6 is 0 Å². The van der Waals surface area contributed by atoms with Crippen molar-refractivity contribution < 1.29 is 49.5 Å². The summed E-state index contributed by atoms with van der Waals surface area (Å²) >= 11 is 0. The van der Waals surface area contributed by atoms with Gasteiger partial charge in [0.2, 0.25) is 5.91 Å². The van der Waals surface area contributed by atoms with Crippen molar-refractivity contribution in [2.45, 2.75) is 49.3 Å². The highest BCUT2D eigenvalue weighted by Crippen LogP contribution is 2.50. The summed E-state index contributed by atoms with van der Waals surface area (Å²) in [7, 11) is -3.57. The summed E-state index contributed by atoms with van der Waals surface area (Å²) in [6, 6.07) is 5.04. The second-order valence-electron chi connectivity index (χ2n) is 8.09. The van der Waals surface area contributed by atoms with Crippen molar-refractivity contribution in [3.63, 3.8) is 0 Å². The normalized spacial score (nSPS) is 16.6. The highest BCUT2D eigenvalue weighted by Gasteiger charge is 2.71. The van der Waals surface area contributed by atoms with Gasteiger partial charge >= 0.3 is 12.4 Å². The van der Waals surface area contributed by atoms with Gasteiger partial charge in [0, 0.05) is 24.7 Å². The average Bonchev–Trinajstić information content (AvgIpc) is 3.17. The van der Waals surface area contributed by atoms with Crippen LogP contribution in [0.5, 0.6) is 0 Å². The number of hydrogen-bond donors (Lipinski definition) is 2. The van der Waals surface area contributed by atoms with Crippen molar-refractivity contribution in [2.75, 3.05) is 11.1 Å². The number of aliphatic hydroxyl groups is 1. The van der Waals surface area contributed by atoms with Crippen LogP contribution in [0.3, 0.4) is 0 Å². The molecule has 0 bridgehead atoms. The Bertz CT molecular complexity index is 1280. The molecule has 1 aliphatic heterocycles. The largest absolute Gasteiger partial charge is 0.430 e. The van der Waals surface area contributed by atoms with E-state index in [1.807, 2.05) is 0 Å². The van der Waals surface area contributed by atoms with Gasteiger partial charge in [0.15, 0.2) is 9.84 Å². The number of halogens is 6. The molecule has 1 aliphatic rings. The summed E-state index contributed by atoms with van der Waals surface area (Å²) in [6.07, 6.45) is -12.1. The molecule has 36 heavy (non-hydrogen) atoms. The number of rotatable bonds is 5. The van der Waals surface area contributed by atoms with Gasteiger partial charge in [-0.15, -0.1) is 0 Å². The molecule has 0 spiro atoms. The molecule has 196 valence electrons. The maximum absolute atomic E-state index is 13.1. The third kappa shape index (κ3) is 4.66. The summed E-state index contributed by atoms with van der Waals surface area (Å²) in [4.78, 5) is 26.3. The number of sulfone groups is 1. The van der Waals surface area contributed by atoms with Gasteiger partial charge in [-0.1, -0.05) is 25.1 Å². The van der Waals surface area contributed by atoms with E-state index in [2.05, 4.69) is 5.32 Å². The molecule has 0 saturated heterocycles. The fourth-order valence-corrected chi connectivity index (χ4v) is 4.79. The minimum absolute atomic E-state index is 0.00529. The van der Waals surface area contributed by atoms with E-state index in [0.29, 0.717) is 23.3 Å². The highest BCUT2D eigenvalue weighted by molar-refractivity contribution is 7.91. The third-order valence-electron chi connectivity index (χ3n) is 5.84. The maximum Gasteiger partial charge on any atom is 0.430 e. The van der Waals surface area contributed by atoms with Crippen LogP contribution in [0.1, 0.15) is 36.6 Å².